The first-order valence-electron chi connectivity index (χ1n) is 9.48. The number of hydrogen-bond donors (Lipinski definition) is 1. The summed E-state index contributed by atoms with van der Waals surface area (Å²) < 4.78 is 3.83. The predicted octanol–water partition coefficient (Wildman–Crippen LogP) is 2.39. The van der Waals surface area contributed by atoms with Crippen molar-refractivity contribution in [2.75, 3.05) is 13.6 Å². The summed E-state index contributed by atoms with van der Waals surface area (Å²) in [5, 5.41) is 11.1. The van der Waals surface area contributed by atoms with Crippen molar-refractivity contribution in [3.63, 3.8) is 0 Å². The predicted molar refractivity (Wildman–Crippen MR) is 104 cm³/mol. The van der Waals surface area contributed by atoms with Crippen LogP contribution in [0.4, 0.5) is 0 Å². The molecule has 1 aromatic carbocycles. The fraction of sp³-hybridized carbons (Fsp3) is 0.450. The Morgan fingerprint density at radius 1 is 1.22 bits per heavy atom. The second kappa shape index (κ2) is 7.15. The van der Waals surface area contributed by atoms with E-state index in [0.29, 0.717) is 11.7 Å². The number of nitrogens with one attached hydrogen (secondary N) is 1. The molecule has 7 heteroatoms. The molecule has 27 heavy (non-hydrogen) atoms. The maximum absolute atomic E-state index is 12.1. The number of aryl methyl sites for hydroxylation is 1. The number of benzene rings is 1. The van der Waals surface area contributed by atoms with Gasteiger partial charge in [-0.3, -0.25) is 9.69 Å². The first-order chi connectivity index (χ1) is 13.1. The van der Waals surface area contributed by atoms with Crippen LogP contribution in [-0.2, 0) is 20.6 Å². The molecule has 2 aromatic heterocycles. The average molecular weight is 366 g/mol. The number of amides is 1. The van der Waals surface area contributed by atoms with E-state index in [2.05, 4.69) is 44.8 Å². The lowest BCUT2D eigenvalue weighted by atomic mass is 9.98. The highest BCUT2D eigenvalue weighted by molar-refractivity contribution is 5.92. The number of likely N-dealkylation sites (tertiary alicyclic amines) is 1. The number of carbonyl (C=O) groups excluding carboxylic acids is 1. The second-order valence-electron chi connectivity index (χ2n) is 7.30. The second-order valence-corrected chi connectivity index (χ2v) is 7.30. The minimum absolute atomic E-state index is 0.0424. The summed E-state index contributed by atoms with van der Waals surface area (Å²) in [6.45, 7) is 1.93. The highest BCUT2D eigenvalue weighted by Crippen LogP contribution is 2.33. The third-order valence-corrected chi connectivity index (χ3v) is 5.64. The molecule has 3 aromatic rings. The molecule has 0 radical (unpaired) electrons. The van der Waals surface area contributed by atoms with Crippen LogP contribution >= 0.6 is 0 Å². The van der Waals surface area contributed by atoms with Gasteiger partial charge in [0.25, 0.3) is 5.91 Å². The first kappa shape index (κ1) is 17.7. The molecule has 1 fully saturated rings. The van der Waals surface area contributed by atoms with E-state index in [1.54, 1.807) is 11.7 Å². The zero-order chi connectivity index (χ0) is 19.0. The van der Waals surface area contributed by atoms with Crippen LogP contribution < -0.4 is 5.32 Å². The molecule has 7 nitrogen and oxygen atoms in total. The summed E-state index contributed by atoms with van der Waals surface area (Å²) in [6.07, 6.45) is 3.53. The largest absolute Gasteiger partial charge is 0.354 e. The van der Waals surface area contributed by atoms with E-state index in [1.165, 1.54) is 24.1 Å². The van der Waals surface area contributed by atoms with Crippen molar-refractivity contribution in [3.05, 3.63) is 47.3 Å². The quantitative estimate of drug-likeness (QED) is 0.770. The molecule has 1 N–H and O–H groups in total. The van der Waals surface area contributed by atoms with Crippen molar-refractivity contribution in [2.24, 2.45) is 14.1 Å². The molecule has 0 spiro atoms. The maximum atomic E-state index is 12.1. The molecule has 0 aliphatic carbocycles. The van der Waals surface area contributed by atoms with E-state index in [4.69, 9.17) is 0 Å². The molecule has 1 amide bonds. The Hall–Kier alpha value is -2.67. The standard InChI is InChI=1S/C20H26N6O/c1-21-20(27)19-10-9-17(24(19)2)18-6-4-5-11-26(18)13-14-7-8-16-15(12-14)22-23-25(16)3/h7-10,12,18H,4-6,11,13H2,1-3H3,(H,21,27). The Morgan fingerprint density at radius 3 is 2.89 bits per heavy atom. The van der Waals surface area contributed by atoms with E-state index in [1.807, 2.05) is 24.7 Å². The van der Waals surface area contributed by atoms with Crippen molar-refractivity contribution < 1.29 is 4.79 Å². The van der Waals surface area contributed by atoms with Crippen LogP contribution in [0, 0.1) is 0 Å². The lowest BCUT2D eigenvalue weighted by molar-refractivity contribution is 0.0952. The highest BCUT2D eigenvalue weighted by atomic mass is 16.1. The third kappa shape index (κ3) is 3.23. The van der Waals surface area contributed by atoms with Crippen LogP contribution in [0.3, 0.4) is 0 Å². The van der Waals surface area contributed by atoms with Crippen LogP contribution in [-0.4, -0.2) is 44.0 Å². The van der Waals surface area contributed by atoms with E-state index >= 15 is 0 Å². The minimum atomic E-state index is -0.0424. The molecule has 1 aliphatic heterocycles. The number of fused-ring (bicyclic) bond motifs is 1. The molecule has 4 rings (SSSR count). The Balaban J connectivity index is 1.60. The van der Waals surface area contributed by atoms with Crippen LogP contribution in [0.5, 0.6) is 0 Å². The molecule has 142 valence electrons. The monoisotopic (exact) mass is 366 g/mol. The number of carbonyl (C=O) groups is 1. The molecule has 3 heterocycles. The molecule has 1 unspecified atom stereocenters. The van der Waals surface area contributed by atoms with Crippen molar-refractivity contribution in [3.8, 4) is 0 Å². The van der Waals surface area contributed by atoms with Crippen LogP contribution in [0.25, 0.3) is 11.0 Å². The van der Waals surface area contributed by atoms with Crippen molar-refractivity contribution >= 4 is 16.9 Å². The molecule has 1 atom stereocenters. The number of piperidine rings is 1. The van der Waals surface area contributed by atoms with Gasteiger partial charge in [0.05, 0.1) is 11.6 Å². The molecule has 0 saturated carbocycles. The Labute approximate surface area is 158 Å². The van der Waals surface area contributed by atoms with Gasteiger partial charge in [0.15, 0.2) is 0 Å². The van der Waals surface area contributed by atoms with Crippen molar-refractivity contribution in [1.82, 2.24) is 29.8 Å². The highest BCUT2D eigenvalue weighted by Gasteiger charge is 2.27. The van der Waals surface area contributed by atoms with Gasteiger partial charge in [-0.25, -0.2) is 4.68 Å². The molecular weight excluding hydrogens is 340 g/mol. The summed E-state index contributed by atoms with van der Waals surface area (Å²) in [6, 6.07) is 10.7. The van der Waals surface area contributed by atoms with Gasteiger partial charge < -0.3 is 9.88 Å². The Bertz CT molecular complexity index is 972. The van der Waals surface area contributed by atoms with E-state index in [9.17, 15) is 4.79 Å². The minimum Gasteiger partial charge on any atom is -0.354 e. The zero-order valence-corrected chi connectivity index (χ0v) is 16.1. The third-order valence-electron chi connectivity index (χ3n) is 5.64. The molecule has 1 saturated heterocycles. The number of hydrogen-bond acceptors (Lipinski definition) is 4. The summed E-state index contributed by atoms with van der Waals surface area (Å²) >= 11 is 0. The normalized spacial score (nSPS) is 18.1. The van der Waals surface area contributed by atoms with Gasteiger partial charge in [0, 0.05) is 33.4 Å². The van der Waals surface area contributed by atoms with Crippen LogP contribution in [0.1, 0.15) is 47.1 Å². The van der Waals surface area contributed by atoms with Gasteiger partial charge in [0.1, 0.15) is 11.2 Å². The van der Waals surface area contributed by atoms with Gasteiger partial charge in [-0.1, -0.05) is 17.7 Å². The maximum Gasteiger partial charge on any atom is 0.267 e. The van der Waals surface area contributed by atoms with E-state index in [-0.39, 0.29) is 5.91 Å². The fourth-order valence-electron chi connectivity index (χ4n) is 4.15. The number of rotatable bonds is 4. The smallest absolute Gasteiger partial charge is 0.267 e. The Kier molecular flexibility index (Phi) is 4.70. The molecular formula is C20H26N6O. The summed E-state index contributed by atoms with van der Waals surface area (Å²) in [5.41, 5.74) is 5.14. The molecule has 0 bridgehead atoms. The zero-order valence-electron chi connectivity index (χ0n) is 16.1. The lowest BCUT2D eigenvalue weighted by Crippen LogP contribution is -2.34. The number of aromatic nitrogens is 4. The lowest BCUT2D eigenvalue weighted by Gasteiger charge is -2.36. The summed E-state index contributed by atoms with van der Waals surface area (Å²) in [4.78, 5) is 14.6. The SMILES string of the molecule is CNC(=O)c1ccc(C2CCCCN2Cc2ccc3c(c2)nnn3C)n1C. The van der Waals surface area contributed by atoms with Gasteiger partial charge >= 0.3 is 0 Å². The van der Waals surface area contributed by atoms with E-state index in [0.717, 1.165) is 30.5 Å². The Morgan fingerprint density at radius 2 is 2.07 bits per heavy atom. The summed E-state index contributed by atoms with van der Waals surface area (Å²) in [7, 11) is 5.57. The van der Waals surface area contributed by atoms with Crippen LogP contribution in [0.2, 0.25) is 0 Å². The van der Waals surface area contributed by atoms with Crippen molar-refractivity contribution in [1.29, 1.82) is 0 Å². The summed E-state index contributed by atoms with van der Waals surface area (Å²) in [5.74, 6) is -0.0424. The molecule has 1 aliphatic rings. The van der Waals surface area contributed by atoms with Crippen molar-refractivity contribution in [2.45, 2.75) is 31.8 Å². The fourth-order valence-corrected chi connectivity index (χ4v) is 4.15. The van der Waals surface area contributed by atoms with Gasteiger partial charge in [-0.05, 0) is 49.2 Å². The van der Waals surface area contributed by atoms with Crippen LogP contribution in [0.15, 0.2) is 30.3 Å². The van der Waals surface area contributed by atoms with Gasteiger partial charge in [0.2, 0.25) is 0 Å². The van der Waals surface area contributed by atoms with E-state index < -0.39 is 0 Å². The van der Waals surface area contributed by atoms with Gasteiger partial charge in [-0.2, -0.15) is 0 Å². The topological polar surface area (TPSA) is 68.0 Å². The first-order valence-corrected chi connectivity index (χ1v) is 9.48. The van der Waals surface area contributed by atoms with Gasteiger partial charge in [-0.15, -0.1) is 5.10 Å². The number of nitrogens with zero attached hydrogens (tertiary/aromatic N) is 5. The average Bonchev–Trinajstić information content (AvgIpc) is 3.24.